The lowest BCUT2D eigenvalue weighted by atomic mass is 9.98. The molecular weight excluding hydrogens is 574 g/mol. The molecule has 5 aromatic heterocycles. The van der Waals surface area contributed by atoms with Crippen molar-refractivity contribution in [1.82, 2.24) is 24.5 Å². The molecule has 5 nitrogen and oxygen atoms in total. The van der Waals surface area contributed by atoms with Crippen LogP contribution in [0.1, 0.15) is 0 Å². The smallest absolute Gasteiger partial charge is 0.0900 e. The SMILES string of the molecule is c1ccc(-n2c3ccccc3c3c(-c4ccc(-c5cc(-c6ccccn6)nc(-c6ccccn6)c5)cc4)nc4ccccc4c32)cc1. The van der Waals surface area contributed by atoms with E-state index in [1.54, 1.807) is 12.4 Å². The summed E-state index contributed by atoms with van der Waals surface area (Å²) in [7, 11) is 0. The van der Waals surface area contributed by atoms with E-state index in [1.807, 2.05) is 36.4 Å². The number of aromatic nitrogens is 5. The molecule has 4 aromatic carbocycles. The highest BCUT2D eigenvalue weighted by Crippen LogP contribution is 2.41. The molecule has 0 amide bonds. The number of benzene rings is 4. The topological polar surface area (TPSA) is 56.5 Å². The van der Waals surface area contributed by atoms with Crippen molar-refractivity contribution in [2.24, 2.45) is 0 Å². The quantitative estimate of drug-likeness (QED) is 0.197. The van der Waals surface area contributed by atoms with Gasteiger partial charge in [0, 0.05) is 39.8 Å². The Bertz CT molecular complexity index is 2480. The average Bonchev–Trinajstić information content (AvgIpc) is 3.51. The van der Waals surface area contributed by atoms with Gasteiger partial charge in [-0.25, -0.2) is 9.97 Å². The molecule has 9 rings (SSSR count). The lowest BCUT2D eigenvalue weighted by Gasteiger charge is -2.12. The van der Waals surface area contributed by atoms with Crippen LogP contribution in [0.4, 0.5) is 0 Å². The molecule has 0 spiro atoms. The van der Waals surface area contributed by atoms with Gasteiger partial charge >= 0.3 is 0 Å². The monoisotopic (exact) mass is 601 g/mol. The van der Waals surface area contributed by atoms with Gasteiger partial charge < -0.3 is 4.57 Å². The summed E-state index contributed by atoms with van der Waals surface area (Å²) in [4.78, 5) is 19.4. The van der Waals surface area contributed by atoms with Crippen LogP contribution in [0.3, 0.4) is 0 Å². The van der Waals surface area contributed by atoms with Crippen LogP contribution in [0.5, 0.6) is 0 Å². The summed E-state index contributed by atoms with van der Waals surface area (Å²) in [6, 6.07) is 52.3. The van der Waals surface area contributed by atoms with E-state index < -0.39 is 0 Å². The molecule has 0 bridgehead atoms. The number of para-hydroxylation sites is 3. The molecule has 220 valence electrons. The van der Waals surface area contributed by atoms with Crippen LogP contribution in [-0.2, 0) is 0 Å². The first-order chi connectivity index (χ1) is 23.3. The number of nitrogens with zero attached hydrogens (tertiary/aromatic N) is 5. The van der Waals surface area contributed by atoms with Gasteiger partial charge in [0.15, 0.2) is 0 Å². The third-order valence-electron chi connectivity index (χ3n) is 8.69. The zero-order valence-corrected chi connectivity index (χ0v) is 25.3. The number of rotatable bonds is 5. The number of hydrogen-bond donors (Lipinski definition) is 0. The van der Waals surface area contributed by atoms with Gasteiger partial charge in [-0.05, 0) is 71.8 Å². The predicted molar refractivity (Wildman–Crippen MR) is 191 cm³/mol. The van der Waals surface area contributed by atoms with Gasteiger partial charge in [-0.2, -0.15) is 0 Å². The van der Waals surface area contributed by atoms with E-state index in [9.17, 15) is 0 Å². The Balaban J connectivity index is 1.24. The Hall–Kier alpha value is -6.46. The van der Waals surface area contributed by atoms with Crippen LogP contribution in [-0.4, -0.2) is 24.5 Å². The molecule has 5 heterocycles. The Morgan fingerprint density at radius 1 is 0.426 bits per heavy atom. The van der Waals surface area contributed by atoms with Gasteiger partial charge in [-0.15, -0.1) is 0 Å². The normalized spacial score (nSPS) is 11.4. The van der Waals surface area contributed by atoms with Gasteiger partial charge in [-0.1, -0.05) is 91.0 Å². The first-order valence-corrected chi connectivity index (χ1v) is 15.6. The molecule has 0 aliphatic carbocycles. The summed E-state index contributed by atoms with van der Waals surface area (Å²) in [5.74, 6) is 0. The average molecular weight is 602 g/mol. The van der Waals surface area contributed by atoms with Crippen molar-refractivity contribution in [1.29, 1.82) is 0 Å². The van der Waals surface area contributed by atoms with Gasteiger partial charge in [0.05, 0.1) is 45.0 Å². The summed E-state index contributed by atoms with van der Waals surface area (Å²) in [6.45, 7) is 0. The van der Waals surface area contributed by atoms with Gasteiger partial charge in [0.25, 0.3) is 0 Å². The summed E-state index contributed by atoms with van der Waals surface area (Å²) in [5, 5.41) is 3.45. The fourth-order valence-corrected chi connectivity index (χ4v) is 6.55. The van der Waals surface area contributed by atoms with Crippen molar-refractivity contribution in [3.63, 3.8) is 0 Å². The largest absolute Gasteiger partial charge is 0.308 e. The molecule has 0 saturated heterocycles. The maximum atomic E-state index is 5.30. The van der Waals surface area contributed by atoms with E-state index in [0.29, 0.717) is 0 Å². The van der Waals surface area contributed by atoms with E-state index in [0.717, 1.165) is 78.2 Å². The third kappa shape index (κ3) is 4.64. The first kappa shape index (κ1) is 26.9. The van der Waals surface area contributed by atoms with E-state index in [1.165, 1.54) is 5.39 Å². The van der Waals surface area contributed by atoms with Crippen molar-refractivity contribution >= 4 is 32.7 Å². The summed E-state index contributed by atoms with van der Waals surface area (Å²) < 4.78 is 2.38. The number of fused-ring (bicyclic) bond motifs is 5. The second-order valence-corrected chi connectivity index (χ2v) is 11.5. The van der Waals surface area contributed by atoms with E-state index in [2.05, 4.69) is 130 Å². The van der Waals surface area contributed by atoms with Crippen LogP contribution in [0.15, 0.2) is 164 Å². The highest BCUT2D eigenvalue weighted by Gasteiger charge is 2.20. The maximum Gasteiger partial charge on any atom is 0.0900 e. The Kier molecular flexibility index (Phi) is 6.39. The number of hydrogen-bond acceptors (Lipinski definition) is 4. The second-order valence-electron chi connectivity index (χ2n) is 11.5. The fraction of sp³-hybridized carbons (Fsp3) is 0. The van der Waals surface area contributed by atoms with Crippen LogP contribution in [0, 0.1) is 0 Å². The molecule has 0 aliphatic heterocycles. The van der Waals surface area contributed by atoms with E-state index in [-0.39, 0.29) is 0 Å². The predicted octanol–water partition coefficient (Wildman–Crippen LogP) is 10.2. The van der Waals surface area contributed by atoms with Crippen molar-refractivity contribution in [3.8, 4) is 50.8 Å². The Morgan fingerprint density at radius 2 is 1.02 bits per heavy atom. The molecule has 0 N–H and O–H groups in total. The standard InChI is InChI=1S/C42H27N5/c1-2-12-31(13-3-1)47-39-19-7-5-15-33(39)40-41(46-34-16-6-4-14-32(34)42(40)47)29-22-20-28(21-23-29)30-26-37(35-17-8-10-24-43-35)45-38(27-30)36-18-9-11-25-44-36/h1-27H. The fourth-order valence-electron chi connectivity index (χ4n) is 6.55. The minimum absolute atomic E-state index is 0.805. The van der Waals surface area contributed by atoms with E-state index in [4.69, 9.17) is 9.97 Å². The zero-order chi connectivity index (χ0) is 31.2. The molecule has 47 heavy (non-hydrogen) atoms. The van der Waals surface area contributed by atoms with Gasteiger partial charge in [0.1, 0.15) is 0 Å². The summed E-state index contributed by atoms with van der Waals surface area (Å²) in [5.41, 5.74) is 11.8. The molecule has 5 heteroatoms. The minimum Gasteiger partial charge on any atom is -0.308 e. The molecule has 0 unspecified atom stereocenters. The Morgan fingerprint density at radius 3 is 1.70 bits per heavy atom. The van der Waals surface area contributed by atoms with Gasteiger partial charge in [-0.3, -0.25) is 9.97 Å². The molecule has 0 fully saturated rings. The van der Waals surface area contributed by atoms with Crippen LogP contribution < -0.4 is 0 Å². The van der Waals surface area contributed by atoms with Crippen LogP contribution in [0.25, 0.3) is 83.6 Å². The van der Waals surface area contributed by atoms with Crippen molar-refractivity contribution in [3.05, 3.63) is 164 Å². The van der Waals surface area contributed by atoms with Crippen LogP contribution in [0.2, 0.25) is 0 Å². The summed E-state index contributed by atoms with van der Waals surface area (Å²) >= 11 is 0. The first-order valence-electron chi connectivity index (χ1n) is 15.6. The maximum absolute atomic E-state index is 5.30. The van der Waals surface area contributed by atoms with Crippen molar-refractivity contribution < 1.29 is 0 Å². The van der Waals surface area contributed by atoms with E-state index >= 15 is 0 Å². The van der Waals surface area contributed by atoms with Crippen LogP contribution >= 0.6 is 0 Å². The lowest BCUT2D eigenvalue weighted by Crippen LogP contribution is -1.96. The van der Waals surface area contributed by atoms with Crippen molar-refractivity contribution in [2.75, 3.05) is 0 Å². The summed E-state index contributed by atoms with van der Waals surface area (Å²) in [6.07, 6.45) is 3.59. The van der Waals surface area contributed by atoms with Crippen molar-refractivity contribution in [2.45, 2.75) is 0 Å². The molecule has 0 saturated carbocycles. The Labute approximate surface area is 271 Å². The molecular formula is C42H27N5. The highest BCUT2D eigenvalue weighted by atomic mass is 15.0. The molecule has 9 aromatic rings. The zero-order valence-electron chi connectivity index (χ0n) is 25.3. The lowest BCUT2D eigenvalue weighted by molar-refractivity contribution is 1.18. The molecule has 0 radical (unpaired) electrons. The molecule has 0 atom stereocenters. The third-order valence-corrected chi connectivity index (χ3v) is 8.69. The minimum atomic E-state index is 0.805. The highest BCUT2D eigenvalue weighted by molar-refractivity contribution is 6.22. The van der Waals surface area contributed by atoms with Gasteiger partial charge in [0.2, 0.25) is 0 Å². The second kappa shape index (κ2) is 11.2. The molecule has 0 aliphatic rings. The number of pyridine rings is 4.